The second-order valence-corrected chi connectivity index (χ2v) is 4.80. The lowest BCUT2D eigenvalue weighted by Gasteiger charge is -2.11. The van der Waals surface area contributed by atoms with Crippen molar-refractivity contribution in [3.63, 3.8) is 0 Å². The van der Waals surface area contributed by atoms with Crippen LogP contribution in [-0.4, -0.2) is 42.9 Å². The highest BCUT2D eigenvalue weighted by molar-refractivity contribution is 5.82. The van der Waals surface area contributed by atoms with Crippen molar-refractivity contribution >= 4 is 5.91 Å². The number of hydrogen-bond donors (Lipinski definition) is 3. The zero-order valence-corrected chi connectivity index (χ0v) is 11.1. The molecule has 0 radical (unpaired) electrons. The minimum Gasteiger partial charge on any atom is -0.492 e. The fourth-order valence-corrected chi connectivity index (χ4v) is 2.02. The van der Waals surface area contributed by atoms with Crippen molar-refractivity contribution in [3.05, 3.63) is 29.8 Å². The molecule has 0 aromatic heterocycles. The molecule has 1 amide bonds. The van der Waals surface area contributed by atoms with Gasteiger partial charge in [0.05, 0.1) is 18.7 Å². The molecular weight excluding hydrogens is 244 g/mol. The summed E-state index contributed by atoms with van der Waals surface area (Å²) >= 11 is 0. The van der Waals surface area contributed by atoms with E-state index in [9.17, 15) is 9.90 Å². The van der Waals surface area contributed by atoms with Crippen LogP contribution in [0.5, 0.6) is 5.75 Å². The lowest BCUT2D eigenvalue weighted by Crippen LogP contribution is -2.41. The highest BCUT2D eigenvalue weighted by Gasteiger charge is 2.27. The van der Waals surface area contributed by atoms with Crippen molar-refractivity contribution in [2.45, 2.75) is 25.5 Å². The third kappa shape index (κ3) is 4.22. The zero-order chi connectivity index (χ0) is 13.7. The summed E-state index contributed by atoms with van der Waals surface area (Å²) in [5.74, 6) is 0.721. The van der Waals surface area contributed by atoms with E-state index in [0.29, 0.717) is 26.1 Å². The minimum absolute atomic E-state index is 0.0796. The number of β-amino-alcohol motifs (C(OH)–C–C–N with tert-alkyl or cyclic N) is 1. The van der Waals surface area contributed by atoms with Crippen LogP contribution >= 0.6 is 0 Å². The van der Waals surface area contributed by atoms with Crippen LogP contribution in [0.15, 0.2) is 24.3 Å². The number of ether oxygens (including phenoxy) is 1. The fourth-order valence-electron chi connectivity index (χ4n) is 2.02. The molecule has 0 bridgehead atoms. The molecule has 1 saturated heterocycles. The largest absolute Gasteiger partial charge is 0.492 e. The zero-order valence-electron chi connectivity index (χ0n) is 11.1. The summed E-state index contributed by atoms with van der Waals surface area (Å²) in [7, 11) is 0. The van der Waals surface area contributed by atoms with Gasteiger partial charge in [0.2, 0.25) is 5.91 Å². The summed E-state index contributed by atoms with van der Waals surface area (Å²) in [6.07, 6.45) is 0.0598. The van der Waals surface area contributed by atoms with Crippen molar-refractivity contribution in [1.82, 2.24) is 10.6 Å². The summed E-state index contributed by atoms with van der Waals surface area (Å²) in [4.78, 5) is 11.7. The Balaban J connectivity index is 1.64. The molecule has 3 N–H and O–H groups in total. The molecule has 2 rings (SSSR count). The average Bonchev–Trinajstić information content (AvgIpc) is 2.83. The molecular formula is C14H20N2O3. The Hall–Kier alpha value is -1.59. The number of aliphatic hydroxyl groups is 1. The first-order valence-electron chi connectivity index (χ1n) is 6.54. The van der Waals surface area contributed by atoms with Gasteiger partial charge in [0.25, 0.3) is 0 Å². The van der Waals surface area contributed by atoms with Crippen LogP contribution in [0.4, 0.5) is 0 Å². The summed E-state index contributed by atoms with van der Waals surface area (Å²) in [5.41, 5.74) is 1.19. The van der Waals surface area contributed by atoms with Gasteiger partial charge in [-0.25, -0.2) is 0 Å². The van der Waals surface area contributed by atoms with Crippen LogP contribution in [0.2, 0.25) is 0 Å². The molecule has 104 valence electrons. The number of carbonyl (C=O) groups excluding carboxylic acids is 1. The predicted molar refractivity (Wildman–Crippen MR) is 72.1 cm³/mol. The first-order valence-corrected chi connectivity index (χ1v) is 6.54. The molecule has 0 aliphatic carbocycles. The Labute approximate surface area is 113 Å². The van der Waals surface area contributed by atoms with E-state index in [-0.39, 0.29) is 11.9 Å². The molecule has 1 aliphatic heterocycles. The van der Waals surface area contributed by atoms with Gasteiger partial charge in [-0.2, -0.15) is 0 Å². The molecule has 0 unspecified atom stereocenters. The highest BCUT2D eigenvalue weighted by Crippen LogP contribution is 2.11. The fraction of sp³-hybridized carbons (Fsp3) is 0.500. The molecule has 2 atom stereocenters. The third-order valence-electron chi connectivity index (χ3n) is 3.12. The predicted octanol–water partition coefficient (Wildman–Crippen LogP) is 0.213. The molecule has 5 heteroatoms. The quantitative estimate of drug-likeness (QED) is 0.665. The van der Waals surface area contributed by atoms with Crippen LogP contribution in [0.1, 0.15) is 12.0 Å². The number of rotatable bonds is 5. The van der Waals surface area contributed by atoms with E-state index in [1.54, 1.807) is 0 Å². The van der Waals surface area contributed by atoms with Crippen molar-refractivity contribution in [3.8, 4) is 5.75 Å². The number of benzene rings is 1. The van der Waals surface area contributed by atoms with Crippen molar-refractivity contribution in [2.24, 2.45) is 0 Å². The van der Waals surface area contributed by atoms with Gasteiger partial charge in [0, 0.05) is 6.54 Å². The van der Waals surface area contributed by atoms with E-state index in [4.69, 9.17) is 4.74 Å². The second-order valence-electron chi connectivity index (χ2n) is 4.80. The molecule has 1 aromatic carbocycles. The van der Waals surface area contributed by atoms with E-state index >= 15 is 0 Å². The number of carbonyl (C=O) groups is 1. The molecule has 1 aromatic rings. The summed E-state index contributed by atoms with van der Waals surface area (Å²) in [6, 6.07) is 7.50. The number of aryl methyl sites for hydroxylation is 1. The lowest BCUT2D eigenvalue weighted by molar-refractivity contribution is -0.123. The normalized spacial score (nSPS) is 22.2. The van der Waals surface area contributed by atoms with Crippen LogP contribution in [-0.2, 0) is 4.79 Å². The van der Waals surface area contributed by atoms with Gasteiger partial charge < -0.3 is 20.5 Å². The molecule has 5 nitrogen and oxygen atoms in total. The topological polar surface area (TPSA) is 70.6 Å². The van der Waals surface area contributed by atoms with Crippen molar-refractivity contribution in [1.29, 1.82) is 0 Å². The van der Waals surface area contributed by atoms with E-state index in [2.05, 4.69) is 10.6 Å². The van der Waals surface area contributed by atoms with E-state index in [0.717, 1.165) is 5.75 Å². The number of nitrogens with one attached hydrogen (secondary N) is 2. The van der Waals surface area contributed by atoms with E-state index in [1.807, 2.05) is 31.2 Å². The van der Waals surface area contributed by atoms with Gasteiger partial charge in [-0.15, -0.1) is 0 Å². The highest BCUT2D eigenvalue weighted by atomic mass is 16.5. The summed E-state index contributed by atoms with van der Waals surface area (Å²) in [6.45, 7) is 3.40. The number of hydrogen-bond acceptors (Lipinski definition) is 4. The van der Waals surface area contributed by atoms with E-state index < -0.39 is 6.10 Å². The Bertz CT molecular complexity index is 419. The van der Waals surface area contributed by atoms with Crippen LogP contribution in [0, 0.1) is 6.92 Å². The first-order chi connectivity index (χ1) is 9.15. The number of aliphatic hydroxyl groups excluding tert-OH is 1. The standard InChI is InChI=1S/C14H20N2O3/c1-10-2-4-12(5-3-10)19-7-6-15-14(18)13-8-11(17)9-16-13/h2-5,11,13,16-17H,6-9H2,1H3,(H,15,18)/t11-,13+/m0/s1. The monoisotopic (exact) mass is 264 g/mol. The molecule has 1 heterocycles. The van der Waals surface area contributed by atoms with Gasteiger partial charge in [-0.05, 0) is 25.5 Å². The molecule has 1 aliphatic rings. The van der Waals surface area contributed by atoms with Gasteiger partial charge in [0.1, 0.15) is 12.4 Å². The smallest absolute Gasteiger partial charge is 0.237 e. The second kappa shape index (κ2) is 6.54. The van der Waals surface area contributed by atoms with Gasteiger partial charge >= 0.3 is 0 Å². The molecule has 0 saturated carbocycles. The molecule has 1 fully saturated rings. The average molecular weight is 264 g/mol. The minimum atomic E-state index is -0.417. The Morgan fingerprint density at radius 2 is 2.21 bits per heavy atom. The summed E-state index contributed by atoms with van der Waals surface area (Å²) in [5, 5.41) is 15.1. The van der Waals surface area contributed by atoms with Crippen LogP contribution < -0.4 is 15.4 Å². The third-order valence-corrected chi connectivity index (χ3v) is 3.12. The Morgan fingerprint density at radius 1 is 1.47 bits per heavy atom. The van der Waals surface area contributed by atoms with Crippen LogP contribution in [0.25, 0.3) is 0 Å². The van der Waals surface area contributed by atoms with Crippen LogP contribution in [0.3, 0.4) is 0 Å². The maximum Gasteiger partial charge on any atom is 0.237 e. The van der Waals surface area contributed by atoms with Gasteiger partial charge in [0.15, 0.2) is 0 Å². The Kier molecular flexibility index (Phi) is 4.76. The Morgan fingerprint density at radius 3 is 2.84 bits per heavy atom. The van der Waals surface area contributed by atoms with Gasteiger partial charge in [-0.3, -0.25) is 4.79 Å². The van der Waals surface area contributed by atoms with Crippen molar-refractivity contribution in [2.75, 3.05) is 19.7 Å². The number of amides is 1. The molecule has 0 spiro atoms. The van der Waals surface area contributed by atoms with E-state index in [1.165, 1.54) is 5.56 Å². The maximum atomic E-state index is 11.7. The lowest BCUT2D eigenvalue weighted by atomic mass is 10.2. The first kappa shape index (κ1) is 13.8. The summed E-state index contributed by atoms with van der Waals surface area (Å²) < 4.78 is 5.51. The maximum absolute atomic E-state index is 11.7. The SMILES string of the molecule is Cc1ccc(OCCNC(=O)[C@H]2C[C@H](O)CN2)cc1. The van der Waals surface area contributed by atoms with Crippen molar-refractivity contribution < 1.29 is 14.6 Å². The van der Waals surface area contributed by atoms with Gasteiger partial charge in [-0.1, -0.05) is 17.7 Å². The molecule has 19 heavy (non-hydrogen) atoms.